The summed E-state index contributed by atoms with van der Waals surface area (Å²) in [5.74, 6) is 0.849. The van der Waals surface area contributed by atoms with Gasteiger partial charge in [0.1, 0.15) is 5.82 Å². The zero-order valence-corrected chi connectivity index (χ0v) is 14.0. The number of aryl methyl sites for hydroxylation is 3. The maximum absolute atomic E-state index is 6.19. The zero-order chi connectivity index (χ0) is 15.9. The Morgan fingerprint density at radius 2 is 1.73 bits per heavy atom. The molecule has 3 heteroatoms. The Morgan fingerprint density at radius 3 is 2.50 bits per heavy atom. The number of nitrogens with zero attached hydrogens (tertiary/aromatic N) is 1. The molecule has 0 spiro atoms. The predicted octanol–water partition coefficient (Wildman–Crippen LogP) is 5.87. The van der Waals surface area contributed by atoms with Crippen LogP contribution >= 0.6 is 11.6 Å². The van der Waals surface area contributed by atoms with Crippen LogP contribution in [-0.4, -0.2) is 4.98 Å². The fraction of sp³-hybridized carbons (Fsp3) is 0.211. The second-order valence-corrected chi connectivity index (χ2v) is 6.25. The van der Waals surface area contributed by atoms with Crippen LogP contribution in [0.15, 0.2) is 36.4 Å². The number of benzene rings is 2. The summed E-state index contributed by atoms with van der Waals surface area (Å²) in [5, 5.41) is 5.36. The lowest BCUT2D eigenvalue weighted by atomic mass is 10.0. The third kappa shape index (κ3) is 2.67. The molecule has 2 nitrogen and oxygen atoms in total. The number of halogens is 1. The van der Waals surface area contributed by atoms with Crippen molar-refractivity contribution in [3.63, 3.8) is 0 Å². The summed E-state index contributed by atoms with van der Waals surface area (Å²) in [6.45, 7) is 8.36. The maximum Gasteiger partial charge on any atom is 0.131 e. The number of rotatable bonds is 2. The molecule has 3 aromatic rings. The Hall–Kier alpha value is -2.06. The molecular weight excluding hydrogens is 292 g/mol. The number of anilines is 2. The molecule has 1 heterocycles. The van der Waals surface area contributed by atoms with Crippen molar-refractivity contribution < 1.29 is 0 Å². The minimum absolute atomic E-state index is 0.759. The fourth-order valence-corrected chi connectivity index (χ4v) is 2.96. The van der Waals surface area contributed by atoms with Crippen molar-refractivity contribution in [3.05, 3.63) is 63.7 Å². The fourth-order valence-electron chi connectivity index (χ4n) is 2.79. The molecule has 0 saturated heterocycles. The van der Waals surface area contributed by atoms with Crippen LogP contribution in [-0.2, 0) is 0 Å². The summed E-state index contributed by atoms with van der Waals surface area (Å²) < 4.78 is 0. The van der Waals surface area contributed by atoms with E-state index in [1.807, 2.05) is 25.1 Å². The van der Waals surface area contributed by atoms with Gasteiger partial charge in [0, 0.05) is 16.1 Å². The van der Waals surface area contributed by atoms with E-state index in [0.29, 0.717) is 0 Å². The maximum atomic E-state index is 6.19. The first kappa shape index (κ1) is 14.9. The van der Waals surface area contributed by atoms with Gasteiger partial charge in [-0.2, -0.15) is 0 Å². The molecule has 0 radical (unpaired) electrons. The molecule has 0 aliphatic heterocycles. The quantitative estimate of drug-likeness (QED) is 0.640. The summed E-state index contributed by atoms with van der Waals surface area (Å²) >= 11 is 6.19. The molecular formula is C19H19ClN2. The molecule has 1 aromatic heterocycles. The van der Waals surface area contributed by atoms with E-state index >= 15 is 0 Å². The largest absolute Gasteiger partial charge is 0.340 e. The molecule has 0 saturated carbocycles. The average molecular weight is 311 g/mol. The van der Waals surface area contributed by atoms with Crippen molar-refractivity contribution in [2.45, 2.75) is 27.7 Å². The topological polar surface area (TPSA) is 24.9 Å². The number of hydrogen-bond acceptors (Lipinski definition) is 2. The number of nitrogens with one attached hydrogen (secondary N) is 1. The van der Waals surface area contributed by atoms with Gasteiger partial charge in [-0.05, 0) is 68.7 Å². The lowest BCUT2D eigenvalue weighted by Crippen LogP contribution is -1.98. The smallest absolute Gasteiger partial charge is 0.131 e. The number of fused-ring (bicyclic) bond motifs is 1. The van der Waals surface area contributed by atoms with E-state index in [1.54, 1.807) is 0 Å². The van der Waals surface area contributed by atoms with E-state index in [4.69, 9.17) is 16.6 Å². The van der Waals surface area contributed by atoms with Crippen molar-refractivity contribution in [2.24, 2.45) is 0 Å². The van der Waals surface area contributed by atoms with Gasteiger partial charge >= 0.3 is 0 Å². The average Bonchev–Trinajstić information content (AvgIpc) is 2.45. The van der Waals surface area contributed by atoms with Crippen molar-refractivity contribution >= 4 is 34.0 Å². The van der Waals surface area contributed by atoms with Crippen LogP contribution in [0.25, 0.3) is 10.9 Å². The van der Waals surface area contributed by atoms with E-state index in [-0.39, 0.29) is 0 Å². The van der Waals surface area contributed by atoms with Gasteiger partial charge in [0.2, 0.25) is 0 Å². The van der Waals surface area contributed by atoms with Gasteiger partial charge in [-0.25, -0.2) is 4.98 Å². The zero-order valence-electron chi connectivity index (χ0n) is 13.3. The predicted molar refractivity (Wildman–Crippen MR) is 95.4 cm³/mol. The van der Waals surface area contributed by atoms with Crippen LogP contribution in [0.5, 0.6) is 0 Å². The van der Waals surface area contributed by atoms with Gasteiger partial charge < -0.3 is 5.32 Å². The summed E-state index contributed by atoms with van der Waals surface area (Å²) in [5.41, 5.74) is 6.76. The molecule has 0 aliphatic carbocycles. The molecule has 22 heavy (non-hydrogen) atoms. The normalized spacial score (nSPS) is 11.0. The van der Waals surface area contributed by atoms with Gasteiger partial charge in [-0.15, -0.1) is 0 Å². The first-order chi connectivity index (χ1) is 10.5. The van der Waals surface area contributed by atoms with Gasteiger partial charge in [0.25, 0.3) is 0 Å². The van der Waals surface area contributed by atoms with E-state index in [1.165, 1.54) is 22.1 Å². The molecule has 1 N–H and O–H groups in total. The van der Waals surface area contributed by atoms with Crippen LogP contribution in [0.2, 0.25) is 5.02 Å². The highest BCUT2D eigenvalue weighted by Gasteiger charge is 2.08. The number of pyridine rings is 1. The molecule has 112 valence electrons. The summed E-state index contributed by atoms with van der Waals surface area (Å²) in [7, 11) is 0. The van der Waals surface area contributed by atoms with Gasteiger partial charge in [0.05, 0.1) is 5.52 Å². The highest BCUT2D eigenvalue weighted by molar-refractivity contribution is 6.31. The summed E-state index contributed by atoms with van der Waals surface area (Å²) in [6.07, 6.45) is 0. The first-order valence-electron chi connectivity index (χ1n) is 7.36. The van der Waals surface area contributed by atoms with Crippen molar-refractivity contribution in [2.75, 3.05) is 5.32 Å². The third-order valence-electron chi connectivity index (χ3n) is 3.99. The van der Waals surface area contributed by atoms with Crippen molar-refractivity contribution in [3.8, 4) is 0 Å². The molecule has 3 rings (SSSR count). The SMILES string of the molecule is Cc1cc(C)c2nc(Nc3cccc(Cl)c3C)cc(C)c2c1. The molecule has 0 aliphatic rings. The summed E-state index contributed by atoms with van der Waals surface area (Å²) in [4.78, 5) is 4.79. The summed E-state index contributed by atoms with van der Waals surface area (Å²) in [6, 6.07) is 12.3. The molecule has 0 unspecified atom stereocenters. The molecule has 0 bridgehead atoms. The van der Waals surface area contributed by atoms with Gasteiger partial charge in [-0.1, -0.05) is 29.3 Å². The van der Waals surface area contributed by atoms with Crippen LogP contribution in [0, 0.1) is 27.7 Å². The van der Waals surface area contributed by atoms with Gasteiger partial charge in [0.15, 0.2) is 0 Å². The second-order valence-electron chi connectivity index (χ2n) is 5.84. The Morgan fingerprint density at radius 1 is 0.955 bits per heavy atom. The third-order valence-corrected chi connectivity index (χ3v) is 4.40. The monoisotopic (exact) mass is 310 g/mol. The lowest BCUT2D eigenvalue weighted by molar-refractivity contribution is 1.29. The minimum atomic E-state index is 0.759. The van der Waals surface area contributed by atoms with E-state index in [2.05, 4.69) is 44.3 Å². The van der Waals surface area contributed by atoms with Crippen LogP contribution in [0.1, 0.15) is 22.3 Å². The second kappa shape index (κ2) is 5.62. The van der Waals surface area contributed by atoms with E-state index < -0.39 is 0 Å². The number of hydrogen-bond donors (Lipinski definition) is 1. The molecule has 0 atom stereocenters. The minimum Gasteiger partial charge on any atom is -0.340 e. The number of aromatic nitrogens is 1. The highest BCUT2D eigenvalue weighted by atomic mass is 35.5. The van der Waals surface area contributed by atoms with Crippen LogP contribution in [0.4, 0.5) is 11.5 Å². The van der Waals surface area contributed by atoms with E-state index in [0.717, 1.165) is 27.6 Å². The molecule has 0 fully saturated rings. The first-order valence-corrected chi connectivity index (χ1v) is 7.74. The molecule has 0 amide bonds. The van der Waals surface area contributed by atoms with Crippen molar-refractivity contribution in [1.29, 1.82) is 0 Å². The Balaban J connectivity index is 2.11. The van der Waals surface area contributed by atoms with Crippen molar-refractivity contribution in [1.82, 2.24) is 4.98 Å². The molecule has 2 aromatic carbocycles. The highest BCUT2D eigenvalue weighted by Crippen LogP contribution is 2.29. The van der Waals surface area contributed by atoms with Gasteiger partial charge in [-0.3, -0.25) is 0 Å². The van der Waals surface area contributed by atoms with Crippen LogP contribution < -0.4 is 5.32 Å². The Bertz CT molecular complexity index is 869. The lowest BCUT2D eigenvalue weighted by Gasteiger charge is -2.13. The standard InChI is InChI=1S/C19H19ClN2/c1-11-8-13(3)19-15(9-11)12(2)10-18(22-19)21-17-7-5-6-16(20)14(17)4/h5-10H,1-4H3,(H,21,22). The Kier molecular flexibility index (Phi) is 3.79. The van der Waals surface area contributed by atoms with E-state index in [9.17, 15) is 0 Å². The van der Waals surface area contributed by atoms with Crippen LogP contribution in [0.3, 0.4) is 0 Å². The Labute approximate surface area is 136 Å².